The molecule has 1 aliphatic heterocycles. The molecule has 144 valence electrons. The number of carbonyl (C=O) groups excluding carboxylic acids is 1. The molecule has 2 rings (SSSR count). The second-order valence-electron chi connectivity index (χ2n) is 6.64. The van der Waals surface area contributed by atoms with E-state index in [-0.39, 0.29) is 12.5 Å². The minimum Gasteiger partial charge on any atom is -0.369 e. The van der Waals surface area contributed by atoms with Gasteiger partial charge in [-0.25, -0.2) is 4.99 Å². The lowest BCUT2D eigenvalue weighted by Gasteiger charge is -2.35. The molecular weight excluding hydrogens is 346 g/mol. The van der Waals surface area contributed by atoms with E-state index in [9.17, 15) is 4.79 Å². The predicted molar refractivity (Wildman–Crippen MR) is 112 cm³/mol. The first kappa shape index (κ1) is 20.4. The molecule has 1 fully saturated rings. The van der Waals surface area contributed by atoms with E-state index in [0.29, 0.717) is 6.04 Å². The molecule has 0 bridgehead atoms. The summed E-state index contributed by atoms with van der Waals surface area (Å²) in [5.74, 6) is 1.74. The van der Waals surface area contributed by atoms with Gasteiger partial charge < -0.3 is 20.4 Å². The maximum atomic E-state index is 11.9. The number of rotatable bonds is 7. The van der Waals surface area contributed by atoms with Gasteiger partial charge in [0.1, 0.15) is 6.54 Å². The Morgan fingerprint density at radius 1 is 1.35 bits per heavy atom. The Bertz CT molecular complexity index is 579. The molecule has 2 N–H and O–H groups in total. The number of nitrogens with zero attached hydrogens (tertiary/aromatic N) is 3. The van der Waals surface area contributed by atoms with Crippen LogP contribution in [-0.2, 0) is 4.79 Å². The lowest BCUT2D eigenvalue weighted by atomic mass is 10.1. The Balaban J connectivity index is 1.96. The highest BCUT2D eigenvalue weighted by molar-refractivity contribution is 7.98. The minimum absolute atomic E-state index is 0.00511. The highest BCUT2D eigenvalue weighted by Gasteiger charge is 2.21. The van der Waals surface area contributed by atoms with Crippen molar-refractivity contribution in [3.8, 4) is 0 Å². The number of hydrogen-bond donors (Lipinski definition) is 2. The third-order valence-corrected chi connectivity index (χ3v) is 4.97. The molecule has 0 radical (unpaired) electrons. The number of para-hydroxylation sites is 1. The van der Waals surface area contributed by atoms with Crippen LogP contribution in [0.5, 0.6) is 0 Å². The van der Waals surface area contributed by atoms with Crippen LogP contribution >= 0.6 is 11.8 Å². The summed E-state index contributed by atoms with van der Waals surface area (Å²) in [7, 11) is 3.51. The Labute approximate surface area is 161 Å². The Morgan fingerprint density at radius 3 is 2.81 bits per heavy atom. The summed E-state index contributed by atoms with van der Waals surface area (Å²) in [6.07, 6.45) is 4.33. The molecule has 0 saturated carbocycles. The number of thioether (sulfide) groups is 1. The first-order chi connectivity index (χ1) is 12.6. The second kappa shape index (κ2) is 11.0. The van der Waals surface area contributed by atoms with Gasteiger partial charge in [0, 0.05) is 51.2 Å². The van der Waals surface area contributed by atoms with Gasteiger partial charge in [-0.2, -0.15) is 11.8 Å². The van der Waals surface area contributed by atoms with E-state index in [0.717, 1.165) is 44.2 Å². The van der Waals surface area contributed by atoms with Gasteiger partial charge in [0.2, 0.25) is 5.91 Å². The second-order valence-corrected chi connectivity index (χ2v) is 7.62. The third-order valence-electron chi connectivity index (χ3n) is 4.35. The van der Waals surface area contributed by atoms with Crippen LogP contribution in [0.15, 0.2) is 35.3 Å². The van der Waals surface area contributed by atoms with Gasteiger partial charge in [-0.05, 0) is 31.2 Å². The monoisotopic (exact) mass is 377 g/mol. The number of piperidine rings is 1. The van der Waals surface area contributed by atoms with Crippen molar-refractivity contribution in [2.24, 2.45) is 4.99 Å². The van der Waals surface area contributed by atoms with Crippen LogP contribution in [0.25, 0.3) is 0 Å². The van der Waals surface area contributed by atoms with Crippen LogP contribution in [0.3, 0.4) is 0 Å². The lowest BCUT2D eigenvalue weighted by Crippen LogP contribution is -2.51. The summed E-state index contributed by atoms with van der Waals surface area (Å²) in [5, 5.41) is 6.87. The summed E-state index contributed by atoms with van der Waals surface area (Å²) in [6, 6.07) is 10.8. The number of nitrogens with one attached hydrogen (secondary N) is 2. The number of amides is 1. The van der Waals surface area contributed by atoms with E-state index in [1.807, 2.05) is 6.07 Å². The molecule has 1 aromatic rings. The van der Waals surface area contributed by atoms with E-state index < -0.39 is 0 Å². The number of carbonyl (C=O) groups is 1. The van der Waals surface area contributed by atoms with Crippen molar-refractivity contribution in [3.05, 3.63) is 30.3 Å². The molecular formula is C19H31N5OS. The van der Waals surface area contributed by atoms with Gasteiger partial charge in [0.25, 0.3) is 0 Å². The van der Waals surface area contributed by atoms with Crippen molar-refractivity contribution in [2.75, 3.05) is 57.2 Å². The molecule has 7 heteroatoms. The first-order valence-corrected chi connectivity index (χ1v) is 10.5. The van der Waals surface area contributed by atoms with Crippen LogP contribution in [0.1, 0.15) is 12.8 Å². The average Bonchev–Trinajstić information content (AvgIpc) is 2.66. The smallest absolute Gasteiger partial charge is 0.243 e. The summed E-state index contributed by atoms with van der Waals surface area (Å²) in [6.45, 7) is 3.01. The van der Waals surface area contributed by atoms with Crippen molar-refractivity contribution in [1.82, 2.24) is 15.5 Å². The van der Waals surface area contributed by atoms with Crippen molar-refractivity contribution in [1.29, 1.82) is 0 Å². The highest BCUT2D eigenvalue weighted by atomic mass is 32.2. The Hall–Kier alpha value is -1.89. The van der Waals surface area contributed by atoms with Crippen molar-refractivity contribution in [3.63, 3.8) is 0 Å². The SMILES string of the molecule is CSCCNC(=NCC(=O)N(C)C)NC1CCCN(c2ccccc2)C1. The highest BCUT2D eigenvalue weighted by Crippen LogP contribution is 2.19. The third kappa shape index (κ3) is 6.78. The molecule has 1 heterocycles. The van der Waals surface area contributed by atoms with E-state index in [1.54, 1.807) is 30.8 Å². The van der Waals surface area contributed by atoms with Crippen molar-refractivity contribution < 1.29 is 4.79 Å². The van der Waals surface area contributed by atoms with Crippen molar-refractivity contribution >= 4 is 29.3 Å². The molecule has 0 aliphatic carbocycles. The normalized spacial score (nSPS) is 17.7. The van der Waals surface area contributed by atoms with Crippen LogP contribution in [-0.4, -0.2) is 75.1 Å². The van der Waals surface area contributed by atoms with Gasteiger partial charge in [0.15, 0.2) is 5.96 Å². The molecule has 1 saturated heterocycles. The maximum Gasteiger partial charge on any atom is 0.243 e. The molecule has 1 atom stereocenters. The summed E-state index contributed by atoms with van der Waals surface area (Å²) in [4.78, 5) is 20.3. The van der Waals surface area contributed by atoms with Gasteiger partial charge in [-0.3, -0.25) is 4.79 Å². The summed E-state index contributed by atoms with van der Waals surface area (Å²) in [5.41, 5.74) is 1.26. The molecule has 1 amide bonds. The van der Waals surface area contributed by atoms with Crippen LogP contribution < -0.4 is 15.5 Å². The zero-order chi connectivity index (χ0) is 18.8. The van der Waals surface area contributed by atoms with E-state index >= 15 is 0 Å². The molecule has 1 aliphatic rings. The van der Waals surface area contributed by atoms with Gasteiger partial charge in [-0.15, -0.1) is 0 Å². The molecule has 26 heavy (non-hydrogen) atoms. The summed E-state index contributed by atoms with van der Waals surface area (Å²) >= 11 is 1.79. The maximum absolute atomic E-state index is 11.9. The zero-order valence-corrected chi connectivity index (χ0v) is 16.9. The predicted octanol–water partition coefficient (Wildman–Crippen LogP) is 1.64. The fraction of sp³-hybridized carbons (Fsp3) is 0.579. The molecule has 1 aromatic carbocycles. The summed E-state index contributed by atoms with van der Waals surface area (Å²) < 4.78 is 0. The minimum atomic E-state index is 0.00511. The topological polar surface area (TPSA) is 60.0 Å². The number of aliphatic imine (C=N–C) groups is 1. The quantitative estimate of drug-likeness (QED) is 0.430. The number of hydrogen-bond acceptors (Lipinski definition) is 4. The van der Waals surface area contributed by atoms with Gasteiger partial charge >= 0.3 is 0 Å². The van der Waals surface area contributed by atoms with Gasteiger partial charge in [0.05, 0.1) is 0 Å². The molecule has 0 aromatic heterocycles. The van der Waals surface area contributed by atoms with E-state index in [2.05, 4.69) is 51.0 Å². The standard InChI is InChI=1S/C19H31N5OS/c1-23(2)18(25)14-21-19(20-11-13-26-3)22-16-8-7-12-24(15-16)17-9-5-4-6-10-17/h4-6,9-10,16H,7-8,11-15H2,1-3H3,(H2,20,21,22). The molecule has 6 nitrogen and oxygen atoms in total. The van der Waals surface area contributed by atoms with Crippen LogP contribution in [0.4, 0.5) is 5.69 Å². The number of guanidine groups is 1. The van der Waals surface area contributed by atoms with Crippen molar-refractivity contribution in [2.45, 2.75) is 18.9 Å². The van der Waals surface area contributed by atoms with Gasteiger partial charge in [-0.1, -0.05) is 18.2 Å². The fourth-order valence-corrected chi connectivity index (χ4v) is 3.18. The first-order valence-electron chi connectivity index (χ1n) is 9.14. The molecule has 0 spiro atoms. The number of benzene rings is 1. The zero-order valence-electron chi connectivity index (χ0n) is 16.1. The number of anilines is 1. The Morgan fingerprint density at radius 2 is 2.12 bits per heavy atom. The average molecular weight is 378 g/mol. The molecule has 1 unspecified atom stereocenters. The fourth-order valence-electron chi connectivity index (χ4n) is 2.87. The van der Waals surface area contributed by atoms with E-state index in [4.69, 9.17) is 0 Å². The van der Waals surface area contributed by atoms with E-state index in [1.165, 1.54) is 5.69 Å². The van der Waals surface area contributed by atoms with Crippen LogP contribution in [0, 0.1) is 0 Å². The lowest BCUT2D eigenvalue weighted by molar-refractivity contribution is -0.127. The number of likely N-dealkylation sites (N-methyl/N-ethyl adjacent to an activating group) is 1. The Kier molecular flexibility index (Phi) is 8.61. The van der Waals surface area contributed by atoms with Crippen LogP contribution in [0.2, 0.25) is 0 Å². The largest absolute Gasteiger partial charge is 0.369 e.